The van der Waals surface area contributed by atoms with Crippen molar-refractivity contribution in [2.24, 2.45) is 0 Å². The van der Waals surface area contributed by atoms with Crippen LogP contribution >= 0.6 is 15.9 Å². The molecule has 5 heteroatoms. The lowest BCUT2D eigenvalue weighted by Gasteiger charge is -2.04. The Morgan fingerprint density at radius 3 is 2.84 bits per heavy atom. The molecule has 3 aromatic rings. The first-order chi connectivity index (χ1) is 9.20. The summed E-state index contributed by atoms with van der Waals surface area (Å²) in [5.74, 6) is 0.511. The summed E-state index contributed by atoms with van der Waals surface area (Å²) >= 11 is 3.41. The molecule has 0 amide bonds. The molecule has 0 saturated heterocycles. The number of methoxy groups -OCH3 is 1. The second-order valence-corrected chi connectivity index (χ2v) is 4.78. The summed E-state index contributed by atoms with van der Waals surface area (Å²) < 4.78 is 21.3. The first-order valence-corrected chi connectivity index (χ1v) is 6.46. The van der Waals surface area contributed by atoms with E-state index in [4.69, 9.17) is 4.74 Å². The van der Waals surface area contributed by atoms with Gasteiger partial charge in [-0.25, -0.2) is 9.37 Å². The minimum atomic E-state index is -0.399. The lowest BCUT2D eigenvalue weighted by molar-refractivity contribution is 0.386. The number of pyridine rings is 1. The third-order valence-electron chi connectivity index (χ3n) is 2.91. The van der Waals surface area contributed by atoms with Crippen molar-refractivity contribution in [1.29, 1.82) is 0 Å². The van der Waals surface area contributed by atoms with Crippen molar-refractivity contribution in [2.75, 3.05) is 7.11 Å². The first kappa shape index (κ1) is 12.2. The normalized spacial score (nSPS) is 10.9. The zero-order valence-corrected chi connectivity index (χ0v) is 11.7. The van der Waals surface area contributed by atoms with Gasteiger partial charge < -0.3 is 4.74 Å². The third kappa shape index (κ3) is 2.00. The number of aromatic nitrogens is 2. The van der Waals surface area contributed by atoms with E-state index in [2.05, 4.69) is 20.9 Å². The van der Waals surface area contributed by atoms with E-state index in [1.165, 1.54) is 13.2 Å². The minimum Gasteiger partial charge on any atom is -0.494 e. The van der Waals surface area contributed by atoms with Crippen molar-refractivity contribution in [2.45, 2.75) is 0 Å². The van der Waals surface area contributed by atoms with Gasteiger partial charge >= 0.3 is 0 Å². The van der Waals surface area contributed by atoms with E-state index in [0.717, 1.165) is 10.1 Å². The van der Waals surface area contributed by atoms with Gasteiger partial charge in [0.2, 0.25) is 0 Å². The molecule has 0 aliphatic carbocycles. The number of rotatable bonds is 2. The molecule has 0 N–H and O–H groups in total. The largest absolute Gasteiger partial charge is 0.494 e. The Bertz CT molecular complexity index is 754. The molecule has 2 heterocycles. The molecule has 3 nitrogen and oxygen atoms in total. The van der Waals surface area contributed by atoms with E-state index >= 15 is 0 Å². The molecule has 2 aromatic heterocycles. The zero-order valence-electron chi connectivity index (χ0n) is 10.1. The van der Waals surface area contributed by atoms with Crippen molar-refractivity contribution in [3.8, 4) is 17.1 Å². The highest BCUT2D eigenvalue weighted by molar-refractivity contribution is 9.10. The maximum atomic E-state index is 13.8. The average molecular weight is 321 g/mol. The summed E-state index contributed by atoms with van der Waals surface area (Å²) in [4.78, 5) is 4.43. The Morgan fingerprint density at radius 1 is 1.26 bits per heavy atom. The number of hydrogen-bond acceptors (Lipinski definition) is 2. The average Bonchev–Trinajstić information content (AvgIpc) is 2.77. The van der Waals surface area contributed by atoms with Gasteiger partial charge in [-0.1, -0.05) is 6.07 Å². The lowest BCUT2D eigenvalue weighted by Crippen LogP contribution is -1.92. The molecule has 0 saturated carbocycles. The van der Waals surface area contributed by atoms with E-state index < -0.39 is 5.82 Å². The Balaban J connectivity index is 2.22. The predicted octanol–water partition coefficient (Wildman–Crippen LogP) is 3.91. The highest BCUT2D eigenvalue weighted by Crippen LogP contribution is 2.28. The van der Waals surface area contributed by atoms with Crippen LogP contribution in [0.3, 0.4) is 0 Å². The number of fused-ring (bicyclic) bond motifs is 1. The number of nitrogens with zero attached hydrogens (tertiary/aromatic N) is 2. The van der Waals surface area contributed by atoms with Gasteiger partial charge in [-0.05, 0) is 46.3 Å². The molecule has 96 valence electrons. The maximum Gasteiger partial charge on any atom is 0.165 e. The smallest absolute Gasteiger partial charge is 0.165 e. The van der Waals surface area contributed by atoms with Crippen molar-refractivity contribution in [3.63, 3.8) is 0 Å². The molecule has 0 atom stereocenters. The minimum absolute atomic E-state index is 0.226. The number of ether oxygens (including phenoxy) is 1. The van der Waals surface area contributed by atoms with Gasteiger partial charge in [0, 0.05) is 11.8 Å². The maximum absolute atomic E-state index is 13.8. The van der Waals surface area contributed by atoms with Crippen LogP contribution in [0.1, 0.15) is 0 Å². The topological polar surface area (TPSA) is 26.5 Å². The second kappa shape index (κ2) is 4.66. The zero-order chi connectivity index (χ0) is 13.4. The quantitative estimate of drug-likeness (QED) is 0.715. The van der Waals surface area contributed by atoms with Crippen LogP contribution < -0.4 is 4.74 Å². The fourth-order valence-electron chi connectivity index (χ4n) is 2.01. The fraction of sp³-hybridized carbons (Fsp3) is 0.0714. The molecule has 0 radical (unpaired) electrons. The van der Waals surface area contributed by atoms with E-state index in [9.17, 15) is 4.39 Å². The standard InChI is InChI=1S/C14H10BrFN2O/c1-19-12-6-5-9(8-10(12)16)14-17-13(15)11-4-2-3-7-18(11)14/h2-8H,1H3. The summed E-state index contributed by atoms with van der Waals surface area (Å²) in [7, 11) is 1.44. The molecule has 0 aliphatic rings. The Labute approximate surface area is 117 Å². The summed E-state index contributed by atoms with van der Waals surface area (Å²) in [5, 5.41) is 0. The van der Waals surface area contributed by atoms with Crippen molar-refractivity contribution < 1.29 is 9.13 Å². The van der Waals surface area contributed by atoms with Crippen LogP contribution in [-0.2, 0) is 0 Å². The summed E-state index contributed by atoms with van der Waals surface area (Å²) in [6, 6.07) is 10.6. The Kier molecular flexibility index (Phi) is 2.98. The van der Waals surface area contributed by atoms with E-state index in [1.54, 1.807) is 12.1 Å². The summed E-state index contributed by atoms with van der Waals surface area (Å²) in [6.45, 7) is 0. The van der Waals surface area contributed by atoms with E-state index in [0.29, 0.717) is 11.4 Å². The van der Waals surface area contributed by atoms with Gasteiger partial charge in [-0.2, -0.15) is 0 Å². The number of imidazole rings is 1. The highest BCUT2D eigenvalue weighted by Gasteiger charge is 2.12. The molecule has 0 unspecified atom stereocenters. The first-order valence-electron chi connectivity index (χ1n) is 5.67. The van der Waals surface area contributed by atoms with Crippen LogP contribution in [0.5, 0.6) is 5.75 Å². The van der Waals surface area contributed by atoms with Crippen LogP contribution in [0.2, 0.25) is 0 Å². The third-order valence-corrected chi connectivity index (χ3v) is 3.50. The summed E-state index contributed by atoms with van der Waals surface area (Å²) in [6.07, 6.45) is 1.89. The number of halogens is 2. The highest BCUT2D eigenvalue weighted by atomic mass is 79.9. The molecular weight excluding hydrogens is 311 g/mol. The van der Waals surface area contributed by atoms with Crippen molar-refractivity contribution in [3.05, 3.63) is 53.0 Å². The number of benzene rings is 1. The van der Waals surface area contributed by atoms with Crippen LogP contribution in [-0.4, -0.2) is 16.5 Å². The molecule has 0 aliphatic heterocycles. The van der Waals surface area contributed by atoms with Crippen LogP contribution in [0.4, 0.5) is 4.39 Å². The Hall–Kier alpha value is -1.88. The molecule has 0 bridgehead atoms. The van der Waals surface area contributed by atoms with E-state index in [1.807, 2.05) is 28.8 Å². The van der Waals surface area contributed by atoms with Crippen molar-refractivity contribution >= 4 is 21.4 Å². The Morgan fingerprint density at radius 2 is 2.11 bits per heavy atom. The molecule has 0 fully saturated rings. The SMILES string of the molecule is COc1ccc(-c2nc(Br)c3ccccn23)cc1F. The molecular formula is C14H10BrFN2O. The predicted molar refractivity (Wildman–Crippen MR) is 74.8 cm³/mol. The monoisotopic (exact) mass is 320 g/mol. The molecule has 19 heavy (non-hydrogen) atoms. The second-order valence-electron chi connectivity index (χ2n) is 4.03. The van der Waals surface area contributed by atoms with Crippen LogP contribution in [0, 0.1) is 5.82 Å². The fourth-order valence-corrected chi connectivity index (χ4v) is 2.50. The van der Waals surface area contributed by atoms with Gasteiger partial charge in [-0.15, -0.1) is 0 Å². The van der Waals surface area contributed by atoms with Crippen molar-refractivity contribution in [1.82, 2.24) is 9.38 Å². The van der Waals surface area contributed by atoms with E-state index in [-0.39, 0.29) is 5.75 Å². The van der Waals surface area contributed by atoms with Crippen LogP contribution in [0.25, 0.3) is 16.9 Å². The van der Waals surface area contributed by atoms with Gasteiger partial charge in [0.1, 0.15) is 10.4 Å². The number of hydrogen-bond donors (Lipinski definition) is 0. The van der Waals surface area contributed by atoms with Gasteiger partial charge in [0.05, 0.1) is 12.6 Å². The van der Waals surface area contributed by atoms with Gasteiger partial charge in [0.15, 0.2) is 11.6 Å². The van der Waals surface area contributed by atoms with Crippen LogP contribution in [0.15, 0.2) is 47.2 Å². The lowest BCUT2D eigenvalue weighted by atomic mass is 10.2. The van der Waals surface area contributed by atoms with Gasteiger partial charge in [0.25, 0.3) is 0 Å². The summed E-state index contributed by atoms with van der Waals surface area (Å²) in [5.41, 5.74) is 1.64. The molecule has 0 spiro atoms. The van der Waals surface area contributed by atoms with Gasteiger partial charge in [-0.3, -0.25) is 4.40 Å². The molecule has 3 rings (SSSR count). The molecule has 1 aromatic carbocycles.